The molecule has 0 spiro atoms. The summed E-state index contributed by atoms with van der Waals surface area (Å²) in [5.74, 6) is -0.484. The molecule has 4 nitrogen and oxygen atoms in total. The van der Waals surface area contributed by atoms with Crippen molar-refractivity contribution in [3.05, 3.63) is 42.2 Å². The van der Waals surface area contributed by atoms with E-state index in [1.807, 2.05) is 4.90 Å². The molecule has 6 heteroatoms. The summed E-state index contributed by atoms with van der Waals surface area (Å²) in [6, 6.07) is 4.65. The average Bonchev–Trinajstić information content (AvgIpc) is 2.52. The third-order valence-corrected chi connectivity index (χ3v) is 4.06. The molecule has 0 amide bonds. The van der Waals surface area contributed by atoms with Crippen LogP contribution in [0.4, 0.5) is 10.1 Å². The molecular formula is C16H20FN3OS. The van der Waals surface area contributed by atoms with Gasteiger partial charge in [-0.25, -0.2) is 4.39 Å². The number of nitrogens with one attached hydrogen (secondary N) is 1. The zero-order valence-corrected chi connectivity index (χ0v) is 13.5. The Bertz CT molecular complexity index is 583. The summed E-state index contributed by atoms with van der Waals surface area (Å²) in [6.07, 6.45) is 1.76. The lowest BCUT2D eigenvalue weighted by Crippen LogP contribution is -2.52. The molecule has 1 saturated heterocycles. The van der Waals surface area contributed by atoms with Gasteiger partial charge in [0.15, 0.2) is 10.9 Å². The van der Waals surface area contributed by atoms with Crippen molar-refractivity contribution in [2.24, 2.45) is 0 Å². The average molecular weight is 321 g/mol. The van der Waals surface area contributed by atoms with E-state index in [0.717, 1.165) is 13.1 Å². The first kappa shape index (κ1) is 16.4. The zero-order valence-electron chi connectivity index (χ0n) is 12.6. The van der Waals surface area contributed by atoms with Crippen molar-refractivity contribution in [3.8, 4) is 0 Å². The number of ketones is 1. The molecule has 1 heterocycles. The van der Waals surface area contributed by atoms with Gasteiger partial charge in [-0.3, -0.25) is 4.79 Å². The van der Waals surface area contributed by atoms with Gasteiger partial charge in [0, 0.05) is 38.3 Å². The van der Waals surface area contributed by atoms with E-state index in [4.69, 9.17) is 12.2 Å². The maximum absolute atomic E-state index is 14.2. The smallest absolute Gasteiger partial charge is 0.169 e. The molecule has 1 fully saturated rings. The minimum absolute atomic E-state index is 0.131. The van der Waals surface area contributed by atoms with Gasteiger partial charge in [-0.2, -0.15) is 0 Å². The molecule has 0 aromatic heterocycles. The molecule has 0 atom stereocenters. The number of carbonyl (C=O) groups excluding carboxylic acids is 1. The van der Waals surface area contributed by atoms with Crippen LogP contribution in [0.25, 0.3) is 0 Å². The minimum atomic E-state index is -0.353. The zero-order chi connectivity index (χ0) is 16.1. The molecule has 2 rings (SSSR count). The Labute approximate surface area is 135 Å². The van der Waals surface area contributed by atoms with Gasteiger partial charge in [0.2, 0.25) is 0 Å². The Hall–Kier alpha value is -1.95. The molecule has 1 aromatic carbocycles. The Kier molecular flexibility index (Phi) is 5.49. The number of halogens is 1. The fourth-order valence-electron chi connectivity index (χ4n) is 2.40. The van der Waals surface area contributed by atoms with E-state index in [0.29, 0.717) is 36.0 Å². The van der Waals surface area contributed by atoms with Crippen molar-refractivity contribution < 1.29 is 9.18 Å². The van der Waals surface area contributed by atoms with Gasteiger partial charge in [0.25, 0.3) is 0 Å². The molecule has 118 valence electrons. The van der Waals surface area contributed by atoms with E-state index in [-0.39, 0.29) is 11.6 Å². The number of benzene rings is 1. The van der Waals surface area contributed by atoms with E-state index < -0.39 is 0 Å². The Morgan fingerprint density at radius 1 is 1.41 bits per heavy atom. The van der Waals surface area contributed by atoms with Gasteiger partial charge >= 0.3 is 0 Å². The van der Waals surface area contributed by atoms with Crippen LogP contribution in [-0.2, 0) is 0 Å². The second-order valence-corrected chi connectivity index (χ2v) is 5.56. The second-order valence-electron chi connectivity index (χ2n) is 5.17. The number of Topliss-reactive ketones (excluding diaryl/α,β-unsaturated/α-hetero) is 1. The van der Waals surface area contributed by atoms with Crippen LogP contribution in [0.15, 0.2) is 30.9 Å². The quantitative estimate of drug-likeness (QED) is 0.523. The van der Waals surface area contributed by atoms with E-state index >= 15 is 0 Å². The highest BCUT2D eigenvalue weighted by Gasteiger charge is 2.21. The third kappa shape index (κ3) is 3.82. The topological polar surface area (TPSA) is 35.6 Å². The van der Waals surface area contributed by atoms with Crippen LogP contribution in [0.5, 0.6) is 0 Å². The first-order chi connectivity index (χ1) is 10.5. The lowest BCUT2D eigenvalue weighted by Gasteiger charge is -2.37. The molecule has 22 heavy (non-hydrogen) atoms. The lowest BCUT2D eigenvalue weighted by atomic mass is 10.1. The highest BCUT2D eigenvalue weighted by Crippen LogP contribution is 2.22. The highest BCUT2D eigenvalue weighted by molar-refractivity contribution is 7.80. The summed E-state index contributed by atoms with van der Waals surface area (Å²) in [4.78, 5) is 15.3. The summed E-state index contributed by atoms with van der Waals surface area (Å²) >= 11 is 5.30. The summed E-state index contributed by atoms with van der Waals surface area (Å²) in [7, 11) is 0. The Morgan fingerprint density at radius 2 is 2.09 bits per heavy atom. The number of hydrogen-bond acceptors (Lipinski definition) is 3. The molecule has 1 aromatic rings. The fraction of sp³-hybridized carbons (Fsp3) is 0.375. The molecular weight excluding hydrogens is 301 g/mol. The number of carbonyl (C=O) groups is 1. The summed E-state index contributed by atoms with van der Waals surface area (Å²) in [5, 5.41) is 3.80. The standard InChI is InChI=1S/C16H20FN3OS/c1-3-6-18-16(22)20-9-7-19(8-10-20)15-5-4-13(12(2)21)11-14(15)17/h3-5,11H,1,6-10H2,2H3,(H,18,22). The molecule has 1 N–H and O–H groups in total. The van der Waals surface area contributed by atoms with Crippen LogP contribution in [0.1, 0.15) is 17.3 Å². The Morgan fingerprint density at radius 3 is 2.64 bits per heavy atom. The number of rotatable bonds is 4. The highest BCUT2D eigenvalue weighted by atomic mass is 32.1. The molecule has 0 bridgehead atoms. The largest absolute Gasteiger partial charge is 0.366 e. The van der Waals surface area contributed by atoms with Crippen LogP contribution in [0.2, 0.25) is 0 Å². The maximum Gasteiger partial charge on any atom is 0.169 e. The molecule has 0 aliphatic carbocycles. The van der Waals surface area contributed by atoms with E-state index in [1.165, 1.54) is 13.0 Å². The third-order valence-electron chi connectivity index (χ3n) is 3.66. The van der Waals surface area contributed by atoms with Gasteiger partial charge in [-0.1, -0.05) is 6.08 Å². The summed E-state index contributed by atoms with van der Waals surface area (Å²) in [6.45, 7) is 8.56. The number of hydrogen-bond donors (Lipinski definition) is 1. The SMILES string of the molecule is C=CCNC(=S)N1CCN(c2ccc(C(C)=O)cc2F)CC1. The lowest BCUT2D eigenvalue weighted by molar-refractivity contribution is 0.101. The van der Waals surface area contributed by atoms with Gasteiger partial charge in [-0.05, 0) is 37.3 Å². The van der Waals surface area contributed by atoms with Gasteiger partial charge in [-0.15, -0.1) is 6.58 Å². The summed E-state index contributed by atoms with van der Waals surface area (Å²) < 4.78 is 14.2. The van der Waals surface area contributed by atoms with Gasteiger partial charge in [0.05, 0.1) is 5.69 Å². The van der Waals surface area contributed by atoms with Crippen LogP contribution in [-0.4, -0.2) is 48.5 Å². The van der Waals surface area contributed by atoms with Crippen LogP contribution < -0.4 is 10.2 Å². The molecule has 0 unspecified atom stereocenters. The van der Waals surface area contributed by atoms with E-state index in [2.05, 4.69) is 16.8 Å². The number of nitrogens with zero attached hydrogens (tertiary/aromatic N) is 2. The molecule has 0 radical (unpaired) electrons. The normalized spacial score (nSPS) is 14.6. The number of thiocarbonyl (C=S) groups is 1. The fourth-order valence-corrected chi connectivity index (χ4v) is 2.67. The predicted molar refractivity (Wildman–Crippen MR) is 91.0 cm³/mol. The molecule has 0 saturated carbocycles. The maximum atomic E-state index is 14.2. The first-order valence-electron chi connectivity index (χ1n) is 7.22. The predicted octanol–water partition coefficient (Wildman–Crippen LogP) is 2.21. The van der Waals surface area contributed by atoms with Gasteiger partial charge < -0.3 is 15.1 Å². The number of anilines is 1. The van der Waals surface area contributed by atoms with Crippen LogP contribution in [0.3, 0.4) is 0 Å². The first-order valence-corrected chi connectivity index (χ1v) is 7.63. The van der Waals surface area contributed by atoms with E-state index in [9.17, 15) is 9.18 Å². The monoisotopic (exact) mass is 321 g/mol. The van der Waals surface area contributed by atoms with Crippen LogP contribution in [0, 0.1) is 5.82 Å². The van der Waals surface area contributed by atoms with Crippen molar-refractivity contribution >= 4 is 28.8 Å². The summed E-state index contributed by atoms with van der Waals surface area (Å²) in [5.41, 5.74) is 0.935. The molecule has 1 aliphatic rings. The van der Waals surface area contributed by atoms with Gasteiger partial charge in [0.1, 0.15) is 5.82 Å². The molecule has 1 aliphatic heterocycles. The van der Waals surface area contributed by atoms with Crippen molar-refractivity contribution in [2.75, 3.05) is 37.6 Å². The van der Waals surface area contributed by atoms with Crippen molar-refractivity contribution in [1.29, 1.82) is 0 Å². The van der Waals surface area contributed by atoms with Crippen LogP contribution >= 0.6 is 12.2 Å². The minimum Gasteiger partial charge on any atom is -0.366 e. The van der Waals surface area contributed by atoms with Crippen molar-refractivity contribution in [3.63, 3.8) is 0 Å². The Balaban J connectivity index is 1.98. The van der Waals surface area contributed by atoms with E-state index in [1.54, 1.807) is 18.2 Å². The van der Waals surface area contributed by atoms with Crippen molar-refractivity contribution in [2.45, 2.75) is 6.92 Å². The second kappa shape index (κ2) is 7.35. The number of piperazine rings is 1. The van der Waals surface area contributed by atoms with Crippen molar-refractivity contribution in [1.82, 2.24) is 10.2 Å².